The Bertz CT molecular complexity index is 420. The van der Waals surface area contributed by atoms with Gasteiger partial charge in [0.05, 0.1) is 6.10 Å². The summed E-state index contributed by atoms with van der Waals surface area (Å²) in [7, 11) is 0. The molecule has 112 valence electrons. The molecular weight excluding hydrogens is 258 g/mol. The van der Waals surface area contributed by atoms with Crippen molar-refractivity contribution in [3.63, 3.8) is 0 Å². The largest absolute Gasteiger partial charge is 0.457 e. The van der Waals surface area contributed by atoms with Gasteiger partial charge in [0.1, 0.15) is 6.10 Å². The molecule has 1 aliphatic carbocycles. The van der Waals surface area contributed by atoms with Crippen molar-refractivity contribution in [1.29, 1.82) is 0 Å². The fourth-order valence-electron chi connectivity index (χ4n) is 3.01. The Balaban J connectivity index is 2.18. The van der Waals surface area contributed by atoms with Gasteiger partial charge in [-0.1, -0.05) is 19.1 Å². The van der Waals surface area contributed by atoms with Crippen molar-refractivity contribution in [2.24, 2.45) is 5.92 Å². The lowest BCUT2D eigenvalue weighted by Crippen LogP contribution is -2.77. The van der Waals surface area contributed by atoms with Gasteiger partial charge in [0.15, 0.2) is 0 Å². The van der Waals surface area contributed by atoms with Crippen LogP contribution in [0.1, 0.15) is 46.0 Å². The molecule has 1 aliphatic heterocycles. The van der Waals surface area contributed by atoms with E-state index in [0.29, 0.717) is 12.8 Å². The minimum Gasteiger partial charge on any atom is -0.457 e. The van der Waals surface area contributed by atoms with Crippen LogP contribution in [0.2, 0.25) is 0 Å². The molecule has 5 nitrogen and oxygen atoms in total. The highest BCUT2D eigenvalue weighted by Gasteiger charge is 2.62. The van der Waals surface area contributed by atoms with E-state index in [-0.39, 0.29) is 11.8 Å². The monoisotopic (exact) mass is 281 g/mol. The Morgan fingerprint density at radius 2 is 2.40 bits per heavy atom. The van der Waals surface area contributed by atoms with E-state index in [4.69, 9.17) is 4.74 Å². The van der Waals surface area contributed by atoms with E-state index in [1.54, 1.807) is 6.92 Å². The molecule has 2 aliphatic rings. The van der Waals surface area contributed by atoms with Crippen LogP contribution >= 0.6 is 0 Å². The van der Waals surface area contributed by atoms with Crippen LogP contribution < -0.4 is 5.32 Å². The van der Waals surface area contributed by atoms with E-state index < -0.39 is 23.7 Å². The van der Waals surface area contributed by atoms with E-state index in [1.165, 1.54) is 0 Å². The molecule has 0 spiro atoms. The van der Waals surface area contributed by atoms with Gasteiger partial charge >= 0.3 is 5.97 Å². The van der Waals surface area contributed by atoms with Gasteiger partial charge in [0, 0.05) is 12.3 Å². The van der Waals surface area contributed by atoms with Gasteiger partial charge in [0.2, 0.25) is 11.4 Å². The van der Waals surface area contributed by atoms with Crippen molar-refractivity contribution in [2.45, 2.75) is 63.7 Å². The molecule has 1 amide bonds. The summed E-state index contributed by atoms with van der Waals surface area (Å²) in [6, 6.07) is 0. The Kier molecular flexibility index (Phi) is 4.48. The molecule has 2 rings (SSSR count). The maximum atomic E-state index is 12.0. The summed E-state index contributed by atoms with van der Waals surface area (Å²) in [5.41, 5.74) is -1.28. The number of carbonyl (C=O) groups excluding carboxylic acids is 2. The Morgan fingerprint density at radius 3 is 2.90 bits per heavy atom. The quantitative estimate of drug-likeness (QED) is 0.588. The number of ether oxygens (including phenoxy) is 1. The minimum absolute atomic E-state index is 0.110. The summed E-state index contributed by atoms with van der Waals surface area (Å²) in [6.07, 6.45) is 6.38. The smallest absolute Gasteiger partial charge is 0.338 e. The van der Waals surface area contributed by atoms with Gasteiger partial charge in [-0.25, -0.2) is 4.79 Å². The van der Waals surface area contributed by atoms with E-state index in [2.05, 4.69) is 5.32 Å². The zero-order valence-electron chi connectivity index (χ0n) is 12.1. The first-order valence-corrected chi connectivity index (χ1v) is 7.39. The number of hydrogen-bond acceptors (Lipinski definition) is 4. The van der Waals surface area contributed by atoms with E-state index in [1.807, 2.05) is 19.1 Å². The number of nitrogens with one attached hydrogen (secondary N) is 1. The van der Waals surface area contributed by atoms with Gasteiger partial charge in [-0.15, -0.1) is 0 Å². The van der Waals surface area contributed by atoms with Crippen molar-refractivity contribution in [2.75, 3.05) is 0 Å². The molecule has 0 aromatic rings. The fraction of sp³-hybridized carbons (Fsp3) is 0.733. The van der Waals surface area contributed by atoms with Crippen molar-refractivity contribution in [3.8, 4) is 0 Å². The van der Waals surface area contributed by atoms with Crippen molar-refractivity contribution in [3.05, 3.63) is 12.2 Å². The minimum atomic E-state index is -1.28. The number of aliphatic hydroxyl groups excluding tert-OH is 1. The van der Waals surface area contributed by atoms with Crippen molar-refractivity contribution >= 4 is 11.9 Å². The SMILES string of the molecule is CCCC(=O)N[C@@]1(C(O)[C@@H]2C=CCCC2)C(=O)O[C@@H]1C. The zero-order chi connectivity index (χ0) is 14.8. The number of amides is 1. The topological polar surface area (TPSA) is 75.6 Å². The lowest BCUT2D eigenvalue weighted by atomic mass is 9.74. The second-order valence-electron chi connectivity index (χ2n) is 5.68. The van der Waals surface area contributed by atoms with Crippen LogP contribution in [0.5, 0.6) is 0 Å². The van der Waals surface area contributed by atoms with Crippen LogP contribution in [0.4, 0.5) is 0 Å². The number of hydrogen-bond donors (Lipinski definition) is 2. The van der Waals surface area contributed by atoms with Crippen LogP contribution in [-0.4, -0.2) is 34.7 Å². The van der Waals surface area contributed by atoms with E-state index >= 15 is 0 Å². The lowest BCUT2D eigenvalue weighted by Gasteiger charge is -2.49. The van der Waals surface area contributed by atoms with Crippen LogP contribution in [0.3, 0.4) is 0 Å². The third-order valence-corrected chi connectivity index (χ3v) is 4.25. The molecule has 1 heterocycles. The Hall–Kier alpha value is -1.36. The van der Waals surface area contributed by atoms with Gasteiger partial charge in [0.25, 0.3) is 0 Å². The number of esters is 1. The van der Waals surface area contributed by atoms with Gasteiger partial charge in [-0.05, 0) is 32.6 Å². The summed E-state index contributed by atoms with van der Waals surface area (Å²) in [5, 5.41) is 13.4. The van der Waals surface area contributed by atoms with Gasteiger partial charge in [-0.3, -0.25) is 4.79 Å². The van der Waals surface area contributed by atoms with Gasteiger partial charge in [-0.2, -0.15) is 0 Å². The molecule has 2 N–H and O–H groups in total. The number of allylic oxidation sites excluding steroid dienone is 1. The zero-order valence-corrected chi connectivity index (χ0v) is 12.1. The number of rotatable bonds is 5. The average molecular weight is 281 g/mol. The van der Waals surface area contributed by atoms with E-state index in [9.17, 15) is 14.7 Å². The standard InChI is InChI=1S/C15H23NO4/c1-3-7-12(17)16-15(10(2)20-14(15)19)13(18)11-8-5-4-6-9-11/h5,8,10-11,13,18H,3-4,6-7,9H2,1-2H3,(H,16,17)/t10-,11-,13?,15+/m1/s1. The van der Waals surface area contributed by atoms with Crippen LogP contribution in [-0.2, 0) is 14.3 Å². The summed E-state index contributed by atoms with van der Waals surface area (Å²) < 4.78 is 5.01. The molecule has 1 saturated heterocycles. The number of cyclic esters (lactones) is 1. The van der Waals surface area contributed by atoms with Crippen molar-refractivity contribution < 1.29 is 19.4 Å². The highest BCUT2D eigenvalue weighted by molar-refractivity contribution is 5.93. The summed E-state index contributed by atoms with van der Waals surface area (Å²) in [5.74, 6) is -0.850. The summed E-state index contributed by atoms with van der Waals surface area (Å²) >= 11 is 0. The number of aliphatic hydroxyl groups is 1. The molecule has 0 bridgehead atoms. The Labute approximate surface area is 119 Å². The molecule has 1 unspecified atom stereocenters. The van der Waals surface area contributed by atoms with Crippen LogP contribution in [0.25, 0.3) is 0 Å². The van der Waals surface area contributed by atoms with Crippen LogP contribution in [0, 0.1) is 5.92 Å². The molecule has 0 aromatic carbocycles. The summed E-state index contributed by atoms with van der Waals surface area (Å²) in [4.78, 5) is 23.8. The van der Waals surface area contributed by atoms with Crippen molar-refractivity contribution in [1.82, 2.24) is 5.32 Å². The third kappa shape index (κ3) is 2.46. The first kappa shape index (κ1) is 15.0. The van der Waals surface area contributed by atoms with E-state index in [0.717, 1.165) is 19.3 Å². The fourth-order valence-corrected chi connectivity index (χ4v) is 3.01. The highest BCUT2D eigenvalue weighted by Crippen LogP contribution is 2.37. The molecule has 0 aromatic heterocycles. The molecule has 4 atom stereocenters. The maximum Gasteiger partial charge on any atom is 0.338 e. The molecule has 5 heteroatoms. The summed E-state index contributed by atoms with van der Waals surface area (Å²) in [6.45, 7) is 3.61. The molecule has 1 fully saturated rings. The second kappa shape index (κ2) is 5.95. The molecule has 0 radical (unpaired) electrons. The van der Waals surface area contributed by atoms with Crippen LogP contribution in [0.15, 0.2) is 12.2 Å². The normalized spacial score (nSPS) is 34.0. The molecule has 0 saturated carbocycles. The average Bonchev–Trinajstić information content (AvgIpc) is 2.45. The third-order valence-electron chi connectivity index (χ3n) is 4.25. The predicted molar refractivity (Wildman–Crippen MR) is 73.8 cm³/mol. The molecule has 20 heavy (non-hydrogen) atoms. The predicted octanol–water partition coefficient (Wildman–Crippen LogP) is 1.30. The first-order chi connectivity index (χ1) is 9.52. The number of carbonyl (C=O) groups is 2. The Morgan fingerprint density at radius 1 is 1.65 bits per heavy atom. The van der Waals surface area contributed by atoms with Gasteiger partial charge < -0.3 is 15.2 Å². The lowest BCUT2D eigenvalue weighted by molar-refractivity contribution is -0.209. The first-order valence-electron chi connectivity index (χ1n) is 7.39. The molecular formula is C15H23NO4. The highest BCUT2D eigenvalue weighted by atomic mass is 16.6. The maximum absolute atomic E-state index is 12.0. The second-order valence-corrected chi connectivity index (χ2v) is 5.68.